The van der Waals surface area contributed by atoms with E-state index in [0.29, 0.717) is 0 Å². The number of anilines is 3. The molecule has 0 radical (unpaired) electrons. The van der Waals surface area contributed by atoms with E-state index in [4.69, 9.17) is 0 Å². The highest BCUT2D eigenvalue weighted by Gasteiger charge is 2.23. The van der Waals surface area contributed by atoms with Crippen LogP contribution in [0.4, 0.5) is 17.1 Å². The minimum Gasteiger partial charge on any atom is -0.310 e. The number of nitrogens with zero attached hydrogens (tertiary/aromatic N) is 2. The van der Waals surface area contributed by atoms with Crippen LogP contribution in [0.5, 0.6) is 0 Å². The number of rotatable bonds is 6. The maximum atomic E-state index is 2.49. The molecule has 0 saturated carbocycles. The Balaban J connectivity index is 1.21. The SMILES string of the molecule is c1ccc(-c2c(-c3ccccc3)c3cc(N(c4ccc5c6ccccc6n(-c6ccccc6)c5c4)c4cc5ccccc5c5ccccc45)ccc3c3ccccc23)cc1. The lowest BCUT2D eigenvalue weighted by Crippen LogP contribution is -2.11. The molecule has 2 nitrogen and oxygen atoms in total. The van der Waals surface area contributed by atoms with Gasteiger partial charge in [-0.1, -0.05) is 182 Å². The van der Waals surface area contributed by atoms with Crippen molar-refractivity contribution in [2.24, 2.45) is 0 Å². The van der Waals surface area contributed by atoms with E-state index in [0.717, 1.165) is 28.3 Å². The molecule has 0 fully saturated rings. The van der Waals surface area contributed by atoms with E-state index in [1.54, 1.807) is 0 Å². The molecule has 60 heavy (non-hydrogen) atoms. The Morgan fingerprint density at radius 2 is 0.750 bits per heavy atom. The quantitative estimate of drug-likeness (QED) is 0.153. The third-order valence-electron chi connectivity index (χ3n) is 12.3. The molecule has 280 valence electrons. The molecule has 0 amide bonds. The number of benzene rings is 11. The summed E-state index contributed by atoms with van der Waals surface area (Å²) in [6.07, 6.45) is 0. The van der Waals surface area contributed by atoms with Crippen molar-refractivity contribution in [1.82, 2.24) is 4.57 Å². The number of aromatic nitrogens is 1. The molecular weight excluding hydrogens is 725 g/mol. The molecule has 0 spiro atoms. The number of fused-ring (bicyclic) bond motifs is 9. The van der Waals surface area contributed by atoms with Crippen molar-refractivity contribution >= 4 is 82.0 Å². The van der Waals surface area contributed by atoms with E-state index in [-0.39, 0.29) is 0 Å². The molecular formula is C58H38N2. The summed E-state index contributed by atoms with van der Waals surface area (Å²) in [6.45, 7) is 0. The largest absolute Gasteiger partial charge is 0.310 e. The Morgan fingerprint density at radius 3 is 1.45 bits per heavy atom. The van der Waals surface area contributed by atoms with Crippen molar-refractivity contribution < 1.29 is 0 Å². The van der Waals surface area contributed by atoms with Gasteiger partial charge in [-0.3, -0.25) is 0 Å². The zero-order valence-electron chi connectivity index (χ0n) is 32.8. The van der Waals surface area contributed by atoms with Gasteiger partial charge in [-0.15, -0.1) is 0 Å². The number of para-hydroxylation sites is 2. The average Bonchev–Trinajstić information content (AvgIpc) is 3.65. The highest BCUT2D eigenvalue weighted by Crippen LogP contribution is 2.49. The van der Waals surface area contributed by atoms with Crippen LogP contribution < -0.4 is 4.90 Å². The van der Waals surface area contributed by atoms with Crippen LogP contribution >= 0.6 is 0 Å². The van der Waals surface area contributed by atoms with Crippen molar-refractivity contribution in [3.63, 3.8) is 0 Å². The molecule has 0 aliphatic heterocycles. The number of hydrogen-bond acceptors (Lipinski definition) is 1. The Morgan fingerprint density at radius 1 is 0.283 bits per heavy atom. The molecule has 1 aromatic heterocycles. The lowest BCUT2D eigenvalue weighted by molar-refractivity contribution is 1.18. The summed E-state index contributed by atoms with van der Waals surface area (Å²) in [5, 5.41) is 12.3. The summed E-state index contributed by atoms with van der Waals surface area (Å²) in [7, 11) is 0. The van der Waals surface area contributed by atoms with E-state index in [1.165, 1.54) is 81.6 Å². The fourth-order valence-corrected chi connectivity index (χ4v) is 9.73. The second-order valence-electron chi connectivity index (χ2n) is 15.6. The van der Waals surface area contributed by atoms with Crippen LogP contribution in [-0.2, 0) is 0 Å². The van der Waals surface area contributed by atoms with Gasteiger partial charge in [0.15, 0.2) is 0 Å². The van der Waals surface area contributed by atoms with Crippen molar-refractivity contribution in [1.29, 1.82) is 0 Å². The highest BCUT2D eigenvalue weighted by atomic mass is 15.1. The van der Waals surface area contributed by atoms with Gasteiger partial charge in [-0.05, 0) is 108 Å². The Hall–Kier alpha value is -7.94. The second-order valence-corrected chi connectivity index (χ2v) is 15.6. The lowest BCUT2D eigenvalue weighted by Gasteiger charge is -2.29. The van der Waals surface area contributed by atoms with Crippen LogP contribution in [-0.4, -0.2) is 4.57 Å². The first-order chi connectivity index (χ1) is 29.8. The lowest BCUT2D eigenvalue weighted by atomic mass is 9.85. The first-order valence-corrected chi connectivity index (χ1v) is 20.7. The smallest absolute Gasteiger partial charge is 0.0561 e. The zero-order valence-corrected chi connectivity index (χ0v) is 32.8. The molecule has 1 heterocycles. The molecule has 0 bridgehead atoms. The molecule has 0 unspecified atom stereocenters. The van der Waals surface area contributed by atoms with E-state index in [1.807, 2.05) is 0 Å². The predicted molar refractivity (Wildman–Crippen MR) is 256 cm³/mol. The minimum atomic E-state index is 1.09. The molecule has 0 saturated heterocycles. The molecule has 0 atom stereocenters. The third-order valence-corrected chi connectivity index (χ3v) is 12.3. The molecule has 2 heteroatoms. The first-order valence-electron chi connectivity index (χ1n) is 20.7. The van der Waals surface area contributed by atoms with Gasteiger partial charge in [0, 0.05) is 33.2 Å². The van der Waals surface area contributed by atoms with Crippen molar-refractivity contribution in [3.05, 3.63) is 231 Å². The molecule has 0 aliphatic rings. The number of hydrogen-bond donors (Lipinski definition) is 0. The predicted octanol–water partition coefficient (Wildman–Crippen LogP) is 16.2. The Bertz CT molecular complexity index is 3590. The van der Waals surface area contributed by atoms with E-state index < -0.39 is 0 Å². The van der Waals surface area contributed by atoms with Crippen molar-refractivity contribution in [3.8, 4) is 27.9 Å². The normalized spacial score (nSPS) is 11.7. The fourth-order valence-electron chi connectivity index (χ4n) is 9.73. The van der Waals surface area contributed by atoms with Crippen LogP contribution in [0, 0.1) is 0 Å². The van der Waals surface area contributed by atoms with E-state index in [2.05, 4.69) is 240 Å². The van der Waals surface area contributed by atoms with Gasteiger partial charge < -0.3 is 9.47 Å². The highest BCUT2D eigenvalue weighted by molar-refractivity contribution is 6.23. The van der Waals surface area contributed by atoms with Gasteiger partial charge >= 0.3 is 0 Å². The van der Waals surface area contributed by atoms with Gasteiger partial charge in [0.1, 0.15) is 0 Å². The summed E-state index contributed by atoms with van der Waals surface area (Å²) in [5.41, 5.74) is 11.7. The average molecular weight is 763 g/mol. The van der Waals surface area contributed by atoms with Crippen LogP contribution in [0.3, 0.4) is 0 Å². The van der Waals surface area contributed by atoms with Gasteiger partial charge in [0.2, 0.25) is 0 Å². The van der Waals surface area contributed by atoms with Crippen LogP contribution in [0.1, 0.15) is 0 Å². The Labute approximate surface area is 348 Å². The standard InChI is InChI=1S/C58H38N2/c1-4-18-39(19-5-1)57-52-30-15-13-27-47(52)48-34-32-43(37-53(48)58(57)40-20-6-2-7-21-40)59(55-36-41-22-10-11-25-45(41)46-26-12-14-28-49(46)55)44-33-35-51-50-29-16-17-31-54(50)60(56(51)38-44)42-23-8-3-9-24-42/h1-38H. The van der Waals surface area contributed by atoms with Crippen LogP contribution in [0.2, 0.25) is 0 Å². The van der Waals surface area contributed by atoms with Crippen LogP contribution in [0.25, 0.3) is 92.8 Å². The molecule has 11 aromatic carbocycles. The van der Waals surface area contributed by atoms with Gasteiger partial charge in [0.05, 0.1) is 16.7 Å². The summed E-state index contributed by atoms with van der Waals surface area (Å²) in [5.74, 6) is 0. The van der Waals surface area contributed by atoms with Gasteiger partial charge in [-0.2, -0.15) is 0 Å². The second kappa shape index (κ2) is 13.9. The molecule has 12 aromatic rings. The monoisotopic (exact) mass is 762 g/mol. The third kappa shape index (κ3) is 5.35. The fraction of sp³-hybridized carbons (Fsp3) is 0. The van der Waals surface area contributed by atoms with E-state index in [9.17, 15) is 0 Å². The van der Waals surface area contributed by atoms with Gasteiger partial charge in [-0.25, -0.2) is 0 Å². The molecule has 12 rings (SSSR count). The summed E-state index contributed by atoms with van der Waals surface area (Å²) < 4.78 is 2.41. The molecule has 0 N–H and O–H groups in total. The summed E-state index contributed by atoms with van der Waals surface area (Å²) in [6, 6.07) is 84.4. The Kier molecular flexibility index (Phi) is 7.89. The maximum absolute atomic E-state index is 2.49. The van der Waals surface area contributed by atoms with Crippen molar-refractivity contribution in [2.45, 2.75) is 0 Å². The van der Waals surface area contributed by atoms with E-state index >= 15 is 0 Å². The van der Waals surface area contributed by atoms with Crippen LogP contribution in [0.15, 0.2) is 231 Å². The zero-order chi connectivity index (χ0) is 39.6. The van der Waals surface area contributed by atoms with Crippen molar-refractivity contribution in [2.75, 3.05) is 4.90 Å². The topological polar surface area (TPSA) is 8.17 Å². The first kappa shape index (κ1) is 34.1. The van der Waals surface area contributed by atoms with Gasteiger partial charge in [0.25, 0.3) is 0 Å². The molecule has 0 aliphatic carbocycles. The minimum absolute atomic E-state index is 1.09. The summed E-state index contributed by atoms with van der Waals surface area (Å²) >= 11 is 0. The summed E-state index contributed by atoms with van der Waals surface area (Å²) in [4.78, 5) is 2.49. The maximum Gasteiger partial charge on any atom is 0.0561 e.